The molecule has 0 radical (unpaired) electrons. The van der Waals surface area contributed by atoms with E-state index in [0.717, 1.165) is 29.2 Å². The summed E-state index contributed by atoms with van der Waals surface area (Å²) in [6.45, 7) is -1.87. The maximum atomic E-state index is 13.9. The fraction of sp³-hybridized carbons (Fsp3) is 0.280. The third kappa shape index (κ3) is 8.16. The van der Waals surface area contributed by atoms with Crippen LogP contribution in [-0.2, 0) is 12.5 Å². The topological polar surface area (TPSA) is 32.7 Å². The molecule has 3 rings (SSSR count). The number of nitrogens with zero attached hydrogens (tertiary/aromatic N) is 1. The number of rotatable bonds is 9. The molecule has 0 fully saturated rings. The highest BCUT2D eigenvalue weighted by Crippen LogP contribution is 2.44. The van der Waals surface area contributed by atoms with Gasteiger partial charge >= 0.3 is 23.8 Å². The molecule has 0 saturated carbocycles. The second kappa shape index (κ2) is 11.7. The number of anilines is 1. The van der Waals surface area contributed by atoms with Gasteiger partial charge < -0.3 is 14.7 Å². The summed E-state index contributed by atoms with van der Waals surface area (Å²) in [5.74, 6) is -5.58. The van der Waals surface area contributed by atoms with Crippen molar-refractivity contribution < 1.29 is 58.1 Å². The second-order valence-corrected chi connectivity index (χ2v) is 9.44. The molecule has 0 aliphatic heterocycles. The maximum Gasteiger partial charge on any atom is 0.458 e. The van der Waals surface area contributed by atoms with E-state index in [1.165, 1.54) is 36.4 Å². The normalized spacial score (nSPS) is 13.7. The van der Waals surface area contributed by atoms with Crippen molar-refractivity contribution in [2.24, 2.45) is 0 Å². The lowest BCUT2D eigenvalue weighted by Gasteiger charge is -2.30. The van der Waals surface area contributed by atoms with Crippen LogP contribution in [0.1, 0.15) is 11.1 Å². The Morgan fingerprint density at radius 2 is 1.43 bits per heavy atom. The van der Waals surface area contributed by atoms with Gasteiger partial charge in [0.15, 0.2) is 11.9 Å². The average molecular weight is 605 g/mol. The van der Waals surface area contributed by atoms with Crippen LogP contribution in [0.2, 0.25) is 0 Å². The number of para-hydroxylation sites is 2. The molecule has 1 atom stereocenters. The summed E-state index contributed by atoms with van der Waals surface area (Å²) < 4.78 is 150. The van der Waals surface area contributed by atoms with Gasteiger partial charge in [0.25, 0.3) is 0 Å². The van der Waals surface area contributed by atoms with Gasteiger partial charge in [-0.15, -0.1) is 0 Å². The van der Waals surface area contributed by atoms with E-state index in [9.17, 15) is 53.4 Å². The molecule has 218 valence electrons. The molecule has 0 aliphatic rings. The van der Waals surface area contributed by atoms with Crippen LogP contribution in [0.3, 0.4) is 0 Å². The molecule has 0 unspecified atom stereocenters. The van der Waals surface area contributed by atoms with Crippen LogP contribution in [0.4, 0.5) is 54.0 Å². The number of aliphatic hydroxyl groups is 1. The molecule has 0 bridgehead atoms. The lowest BCUT2D eigenvalue weighted by atomic mass is 10.0. The number of thioether (sulfide) groups is 1. The standard InChI is InChI=1S/C25H18F11NO2S/c26-22(27,24(31,32)33)16-6-3-5-15(11-16)13-37(14-21(38)23(28,29)30)19-9-1-2-10-20(19)39-17-7-4-8-18(12-17)40-25(34,35)36/h1-12,21,38H,13-14H2/t21-/m1/s1. The highest BCUT2D eigenvalue weighted by Gasteiger charge is 2.58. The van der Waals surface area contributed by atoms with Crippen LogP contribution in [0.5, 0.6) is 11.5 Å². The third-order valence-corrected chi connectivity index (χ3v) is 5.98. The molecule has 0 spiro atoms. The molecule has 1 N–H and O–H groups in total. The number of ether oxygens (including phenoxy) is 1. The molecule has 0 aliphatic carbocycles. The first-order valence-electron chi connectivity index (χ1n) is 11.0. The fourth-order valence-electron chi connectivity index (χ4n) is 3.48. The summed E-state index contributed by atoms with van der Waals surface area (Å²) in [6, 6.07) is 12.8. The van der Waals surface area contributed by atoms with Crippen molar-refractivity contribution in [2.45, 2.75) is 41.3 Å². The average Bonchev–Trinajstić information content (AvgIpc) is 2.82. The predicted molar refractivity (Wildman–Crippen MR) is 124 cm³/mol. The van der Waals surface area contributed by atoms with Crippen molar-refractivity contribution >= 4 is 17.4 Å². The Bertz CT molecular complexity index is 1290. The molecule has 0 heterocycles. The predicted octanol–water partition coefficient (Wildman–Crippen LogP) is 8.67. The Morgan fingerprint density at radius 3 is 2.05 bits per heavy atom. The van der Waals surface area contributed by atoms with E-state index < -0.39 is 60.3 Å². The zero-order valence-electron chi connectivity index (χ0n) is 19.8. The highest BCUT2D eigenvalue weighted by molar-refractivity contribution is 8.00. The van der Waals surface area contributed by atoms with E-state index in [2.05, 4.69) is 0 Å². The molecule has 3 aromatic carbocycles. The summed E-state index contributed by atoms with van der Waals surface area (Å²) >= 11 is -0.436. The smallest absolute Gasteiger partial charge is 0.455 e. The number of halogens is 11. The number of aliphatic hydroxyl groups excluding tert-OH is 1. The van der Waals surface area contributed by atoms with Crippen LogP contribution in [0.15, 0.2) is 77.7 Å². The SMILES string of the molecule is O[C@H](CN(Cc1cccc(C(F)(F)C(F)(F)F)c1)c1ccccc1Oc1cccc(SC(F)(F)F)c1)C(F)(F)F. The molecule has 3 aromatic rings. The first-order chi connectivity index (χ1) is 18.4. The van der Waals surface area contributed by atoms with Crippen LogP contribution >= 0.6 is 11.8 Å². The second-order valence-electron chi connectivity index (χ2n) is 8.30. The molecule has 0 amide bonds. The quantitative estimate of drug-likeness (QED) is 0.196. The Kier molecular flexibility index (Phi) is 9.19. The fourth-order valence-corrected chi connectivity index (χ4v) is 4.06. The van der Waals surface area contributed by atoms with E-state index in [1.807, 2.05) is 0 Å². The number of hydrogen-bond donors (Lipinski definition) is 1. The van der Waals surface area contributed by atoms with Gasteiger partial charge in [-0.05, 0) is 53.7 Å². The Morgan fingerprint density at radius 1 is 0.775 bits per heavy atom. The highest BCUT2D eigenvalue weighted by atomic mass is 32.2. The van der Waals surface area contributed by atoms with E-state index in [-0.39, 0.29) is 27.6 Å². The first kappa shape index (κ1) is 31.3. The van der Waals surface area contributed by atoms with E-state index in [1.54, 1.807) is 0 Å². The van der Waals surface area contributed by atoms with Gasteiger partial charge in [-0.2, -0.15) is 48.3 Å². The van der Waals surface area contributed by atoms with Gasteiger partial charge in [0.2, 0.25) is 0 Å². The molecule has 3 nitrogen and oxygen atoms in total. The molecule has 15 heteroatoms. The zero-order chi connectivity index (χ0) is 29.9. The van der Waals surface area contributed by atoms with Crippen molar-refractivity contribution in [1.29, 1.82) is 0 Å². The summed E-state index contributed by atoms with van der Waals surface area (Å²) in [7, 11) is 0. The summed E-state index contributed by atoms with van der Waals surface area (Å²) in [5, 5.41) is 9.73. The van der Waals surface area contributed by atoms with E-state index >= 15 is 0 Å². The lowest BCUT2D eigenvalue weighted by Crippen LogP contribution is -2.41. The minimum Gasteiger partial charge on any atom is -0.455 e. The molecule has 40 heavy (non-hydrogen) atoms. The van der Waals surface area contributed by atoms with Gasteiger partial charge in [0.05, 0.1) is 12.2 Å². The van der Waals surface area contributed by atoms with Crippen molar-refractivity contribution in [3.63, 3.8) is 0 Å². The van der Waals surface area contributed by atoms with Gasteiger partial charge in [-0.1, -0.05) is 36.4 Å². The van der Waals surface area contributed by atoms with Gasteiger partial charge in [0, 0.05) is 17.0 Å². The molecule has 0 aromatic heterocycles. The molecular formula is C25H18F11NO2S. The Hall–Kier alpha value is -3.20. The monoisotopic (exact) mass is 605 g/mol. The third-order valence-electron chi connectivity index (χ3n) is 5.26. The van der Waals surface area contributed by atoms with Crippen LogP contribution < -0.4 is 9.64 Å². The zero-order valence-corrected chi connectivity index (χ0v) is 20.6. The first-order valence-corrected chi connectivity index (χ1v) is 11.8. The minimum atomic E-state index is -5.93. The van der Waals surface area contributed by atoms with Crippen LogP contribution in [0, 0.1) is 0 Å². The van der Waals surface area contributed by atoms with Crippen molar-refractivity contribution in [1.82, 2.24) is 0 Å². The van der Waals surface area contributed by atoms with Gasteiger partial charge in [-0.3, -0.25) is 0 Å². The summed E-state index contributed by atoms with van der Waals surface area (Å²) in [5.41, 5.74) is -6.47. The number of hydrogen-bond acceptors (Lipinski definition) is 4. The van der Waals surface area contributed by atoms with E-state index in [0.29, 0.717) is 12.1 Å². The lowest BCUT2D eigenvalue weighted by molar-refractivity contribution is -0.289. The maximum absolute atomic E-state index is 13.9. The van der Waals surface area contributed by atoms with E-state index in [4.69, 9.17) is 4.74 Å². The van der Waals surface area contributed by atoms with Crippen LogP contribution in [0.25, 0.3) is 0 Å². The van der Waals surface area contributed by atoms with Crippen molar-refractivity contribution in [3.8, 4) is 11.5 Å². The van der Waals surface area contributed by atoms with Gasteiger partial charge in [0.1, 0.15) is 5.75 Å². The van der Waals surface area contributed by atoms with Gasteiger partial charge in [-0.25, -0.2) is 0 Å². The largest absolute Gasteiger partial charge is 0.458 e. The Balaban J connectivity index is 2.00. The Labute approximate surface area is 224 Å². The minimum absolute atomic E-state index is 0.134. The van der Waals surface area contributed by atoms with Crippen molar-refractivity contribution in [3.05, 3.63) is 83.9 Å². The van der Waals surface area contributed by atoms with Crippen molar-refractivity contribution in [2.75, 3.05) is 11.4 Å². The summed E-state index contributed by atoms with van der Waals surface area (Å²) in [6.07, 6.45) is -14.0. The summed E-state index contributed by atoms with van der Waals surface area (Å²) in [4.78, 5) is 0.585. The number of alkyl halides is 11. The number of benzene rings is 3. The molecular weight excluding hydrogens is 587 g/mol. The van der Waals surface area contributed by atoms with Crippen LogP contribution in [-0.4, -0.2) is 35.6 Å². The molecule has 0 saturated heterocycles.